The Labute approximate surface area is 190 Å². The molecule has 0 fully saturated rings. The third-order valence-corrected chi connectivity index (χ3v) is 5.76. The summed E-state index contributed by atoms with van der Waals surface area (Å²) in [5.74, 6) is -0.167. The Morgan fingerprint density at radius 3 is 2.70 bits per heavy atom. The van der Waals surface area contributed by atoms with Gasteiger partial charge in [0.15, 0.2) is 6.61 Å². The number of nitrogens with zero attached hydrogens (tertiary/aromatic N) is 1. The van der Waals surface area contributed by atoms with Gasteiger partial charge in [0.2, 0.25) is 0 Å². The van der Waals surface area contributed by atoms with Gasteiger partial charge in [-0.25, -0.2) is 9.78 Å². The Morgan fingerprint density at radius 2 is 1.88 bits per heavy atom. The minimum Gasteiger partial charge on any atom is -0.465 e. The number of para-hydroxylation sites is 2. The standard InChI is InChI=1S/C27H22N2O4/c1-17-7-2-4-10-22(17)28-24(30)16-33-27(31)25-20-9-3-5-11-23(20)29-26-18(12-13-21(25)26)15-19-8-6-14-32-19/h2-11,14-15H,12-13,16H2,1H3,(H,28,30). The molecule has 0 atom stereocenters. The van der Waals surface area contributed by atoms with Crippen LogP contribution in [0, 0.1) is 6.92 Å². The second-order valence-corrected chi connectivity index (χ2v) is 7.96. The largest absolute Gasteiger partial charge is 0.465 e. The summed E-state index contributed by atoms with van der Waals surface area (Å²) in [5.41, 5.74) is 5.45. The van der Waals surface area contributed by atoms with Crippen LogP contribution in [-0.4, -0.2) is 23.5 Å². The number of fused-ring (bicyclic) bond motifs is 2. The number of amides is 1. The van der Waals surface area contributed by atoms with Crippen molar-refractivity contribution >= 4 is 40.1 Å². The summed E-state index contributed by atoms with van der Waals surface area (Å²) in [6.45, 7) is 1.54. The van der Waals surface area contributed by atoms with E-state index in [9.17, 15) is 9.59 Å². The Bertz CT molecular complexity index is 1390. The molecule has 0 saturated heterocycles. The van der Waals surface area contributed by atoms with Gasteiger partial charge in [-0.1, -0.05) is 36.4 Å². The molecule has 2 aromatic heterocycles. The maximum atomic E-state index is 13.2. The van der Waals surface area contributed by atoms with Crippen LogP contribution in [0.25, 0.3) is 22.6 Å². The maximum Gasteiger partial charge on any atom is 0.339 e. The maximum absolute atomic E-state index is 13.2. The van der Waals surface area contributed by atoms with E-state index in [4.69, 9.17) is 14.1 Å². The molecule has 0 bridgehead atoms. The van der Waals surface area contributed by atoms with Gasteiger partial charge < -0.3 is 14.5 Å². The zero-order valence-electron chi connectivity index (χ0n) is 18.1. The van der Waals surface area contributed by atoms with Gasteiger partial charge in [-0.2, -0.15) is 0 Å². The molecule has 2 aromatic carbocycles. The molecule has 0 aliphatic heterocycles. The Morgan fingerprint density at radius 1 is 1.06 bits per heavy atom. The number of hydrogen-bond acceptors (Lipinski definition) is 5. The molecule has 1 aliphatic rings. The second-order valence-electron chi connectivity index (χ2n) is 7.96. The van der Waals surface area contributed by atoms with Crippen molar-refractivity contribution in [3.63, 3.8) is 0 Å². The first kappa shape index (κ1) is 20.7. The smallest absolute Gasteiger partial charge is 0.339 e. The van der Waals surface area contributed by atoms with E-state index >= 15 is 0 Å². The normalized spacial score (nSPS) is 13.8. The number of carbonyl (C=O) groups excluding carboxylic acids is 2. The van der Waals surface area contributed by atoms with Crippen LogP contribution in [0.15, 0.2) is 71.3 Å². The molecular formula is C27H22N2O4. The molecule has 4 aromatic rings. The van der Waals surface area contributed by atoms with E-state index in [1.807, 2.05) is 73.7 Å². The van der Waals surface area contributed by atoms with Crippen LogP contribution in [0.3, 0.4) is 0 Å². The average molecular weight is 438 g/mol. The summed E-state index contributed by atoms with van der Waals surface area (Å²) in [5, 5.41) is 3.51. The van der Waals surface area contributed by atoms with Gasteiger partial charge in [0, 0.05) is 11.1 Å². The summed E-state index contributed by atoms with van der Waals surface area (Å²) in [7, 11) is 0. The van der Waals surface area contributed by atoms with Crippen LogP contribution >= 0.6 is 0 Å². The molecule has 1 amide bonds. The van der Waals surface area contributed by atoms with E-state index in [1.54, 1.807) is 6.26 Å². The van der Waals surface area contributed by atoms with Crippen LogP contribution in [0.1, 0.15) is 39.4 Å². The van der Waals surface area contributed by atoms with Crippen molar-refractivity contribution < 1.29 is 18.7 Å². The molecule has 6 nitrogen and oxygen atoms in total. The number of aryl methyl sites for hydroxylation is 1. The quantitative estimate of drug-likeness (QED) is 0.421. The minimum atomic E-state index is -0.524. The van der Waals surface area contributed by atoms with Gasteiger partial charge in [-0.05, 0) is 66.8 Å². The van der Waals surface area contributed by atoms with Crippen LogP contribution in [0.2, 0.25) is 0 Å². The highest BCUT2D eigenvalue weighted by Gasteiger charge is 2.28. The lowest BCUT2D eigenvalue weighted by atomic mass is 10.0. The minimum absolute atomic E-state index is 0.367. The molecule has 1 aliphatic carbocycles. The number of ether oxygens (including phenoxy) is 1. The lowest BCUT2D eigenvalue weighted by Crippen LogP contribution is -2.22. The highest BCUT2D eigenvalue weighted by atomic mass is 16.5. The van der Waals surface area contributed by atoms with Gasteiger partial charge in [0.05, 0.1) is 23.0 Å². The fraction of sp³-hybridized carbons (Fsp3) is 0.148. The first-order valence-corrected chi connectivity index (χ1v) is 10.8. The molecule has 0 radical (unpaired) electrons. The first-order chi connectivity index (χ1) is 16.1. The zero-order chi connectivity index (χ0) is 22.8. The van der Waals surface area contributed by atoms with Crippen LogP contribution in [0.5, 0.6) is 0 Å². The van der Waals surface area contributed by atoms with Crippen molar-refractivity contribution in [2.75, 3.05) is 11.9 Å². The molecule has 0 unspecified atom stereocenters. The molecule has 1 N–H and O–H groups in total. The van der Waals surface area contributed by atoms with Crippen LogP contribution < -0.4 is 5.32 Å². The Kier molecular flexibility index (Phi) is 5.48. The first-order valence-electron chi connectivity index (χ1n) is 10.8. The number of benzene rings is 2. The molecule has 33 heavy (non-hydrogen) atoms. The summed E-state index contributed by atoms with van der Waals surface area (Å²) in [6, 6.07) is 18.7. The number of rotatable bonds is 5. The molecule has 6 heteroatoms. The van der Waals surface area contributed by atoms with Gasteiger partial charge in [0.1, 0.15) is 5.76 Å². The second kappa shape index (κ2) is 8.74. The SMILES string of the molecule is Cc1ccccc1NC(=O)COC(=O)c1c2c(nc3ccccc13)C(=Cc1ccco1)CC2. The topological polar surface area (TPSA) is 81.4 Å². The monoisotopic (exact) mass is 438 g/mol. The molecule has 2 heterocycles. The Hall–Kier alpha value is -4.19. The lowest BCUT2D eigenvalue weighted by molar-refractivity contribution is -0.119. The van der Waals surface area contributed by atoms with Crippen molar-refractivity contribution in [3.8, 4) is 0 Å². The number of aromatic nitrogens is 1. The van der Waals surface area contributed by atoms with Crippen LogP contribution in [-0.2, 0) is 16.0 Å². The van der Waals surface area contributed by atoms with E-state index < -0.39 is 5.97 Å². The lowest BCUT2D eigenvalue weighted by Gasteiger charge is -2.13. The predicted molar refractivity (Wildman–Crippen MR) is 127 cm³/mol. The third-order valence-electron chi connectivity index (χ3n) is 5.76. The highest BCUT2D eigenvalue weighted by molar-refractivity contribution is 6.08. The predicted octanol–water partition coefficient (Wildman–Crippen LogP) is 5.42. The molecule has 164 valence electrons. The average Bonchev–Trinajstić information content (AvgIpc) is 3.48. The van der Waals surface area contributed by atoms with Crippen molar-refractivity contribution in [1.82, 2.24) is 4.98 Å². The van der Waals surface area contributed by atoms with Gasteiger partial charge >= 0.3 is 5.97 Å². The summed E-state index contributed by atoms with van der Waals surface area (Å²) in [4.78, 5) is 30.4. The van der Waals surface area contributed by atoms with E-state index in [0.717, 1.165) is 40.0 Å². The van der Waals surface area contributed by atoms with Crippen LogP contribution in [0.4, 0.5) is 5.69 Å². The number of esters is 1. The Balaban J connectivity index is 1.43. The summed E-state index contributed by atoms with van der Waals surface area (Å²) >= 11 is 0. The van der Waals surface area contributed by atoms with E-state index in [2.05, 4.69) is 5.32 Å². The fourth-order valence-electron chi connectivity index (χ4n) is 4.16. The van der Waals surface area contributed by atoms with E-state index in [-0.39, 0.29) is 12.5 Å². The molecule has 0 saturated carbocycles. The highest BCUT2D eigenvalue weighted by Crippen LogP contribution is 2.37. The number of allylic oxidation sites excluding steroid dienone is 1. The van der Waals surface area contributed by atoms with Crippen molar-refractivity contribution in [2.24, 2.45) is 0 Å². The van der Waals surface area contributed by atoms with E-state index in [0.29, 0.717) is 23.2 Å². The van der Waals surface area contributed by atoms with E-state index in [1.165, 1.54) is 0 Å². The zero-order valence-corrected chi connectivity index (χ0v) is 18.1. The number of carbonyl (C=O) groups is 2. The number of pyridine rings is 1. The summed E-state index contributed by atoms with van der Waals surface area (Å²) < 4.78 is 10.9. The number of nitrogens with one attached hydrogen (secondary N) is 1. The number of hydrogen-bond donors (Lipinski definition) is 1. The van der Waals surface area contributed by atoms with Crippen molar-refractivity contribution in [2.45, 2.75) is 19.8 Å². The number of anilines is 1. The third kappa shape index (κ3) is 4.15. The molecule has 0 spiro atoms. The van der Waals surface area contributed by atoms with Crippen molar-refractivity contribution in [1.29, 1.82) is 0 Å². The number of furan rings is 1. The molecule has 5 rings (SSSR count). The van der Waals surface area contributed by atoms with Gasteiger partial charge in [-0.3, -0.25) is 4.79 Å². The fourth-order valence-corrected chi connectivity index (χ4v) is 4.16. The van der Waals surface area contributed by atoms with Gasteiger partial charge in [-0.15, -0.1) is 0 Å². The van der Waals surface area contributed by atoms with Gasteiger partial charge in [0.25, 0.3) is 5.91 Å². The molecular weight excluding hydrogens is 416 g/mol. The van der Waals surface area contributed by atoms with Crippen molar-refractivity contribution in [3.05, 3.63) is 95.1 Å². The summed E-state index contributed by atoms with van der Waals surface area (Å²) in [6.07, 6.45) is 4.99.